The van der Waals surface area contributed by atoms with Crippen molar-refractivity contribution in [2.45, 2.75) is 19.6 Å². The first-order valence-electron chi connectivity index (χ1n) is 11.2. The summed E-state index contributed by atoms with van der Waals surface area (Å²) in [6, 6.07) is 20.0. The van der Waals surface area contributed by atoms with E-state index in [4.69, 9.17) is 14.2 Å². The Bertz CT molecular complexity index is 1220. The summed E-state index contributed by atoms with van der Waals surface area (Å²) in [7, 11) is 2.92. The van der Waals surface area contributed by atoms with Crippen LogP contribution in [0.15, 0.2) is 66.7 Å². The second-order valence-corrected chi connectivity index (χ2v) is 7.84. The minimum absolute atomic E-state index is 0.323. The summed E-state index contributed by atoms with van der Waals surface area (Å²) in [6.45, 7) is 5.86. The van der Waals surface area contributed by atoms with Crippen molar-refractivity contribution in [3.63, 3.8) is 0 Å². The molecule has 0 saturated heterocycles. The molecule has 0 bridgehead atoms. The zero-order valence-electron chi connectivity index (χ0n) is 19.8. The average molecular weight is 461 g/mol. The van der Waals surface area contributed by atoms with Crippen LogP contribution in [0.1, 0.15) is 45.7 Å². The Morgan fingerprint density at radius 3 is 2.38 bits per heavy atom. The van der Waals surface area contributed by atoms with Crippen LogP contribution < -0.4 is 15.0 Å². The number of nitrogens with one attached hydrogen (secondary N) is 1. The Kier molecular flexibility index (Phi) is 6.45. The number of nitrogens with zero attached hydrogens (tertiary/aromatic N) is 1. The van der Waals surface area contributed by atoms with Gasteiger partial charge in [0.05, 0.1) is 36.6 Å². The number of rotatable bonds is 8. The molecule has 0 aliphatic carbocycles. The van der Waals surface area contributed by atoms with Crippen molar-refractivity contribution < 1.29 is 23.8 Å². The molecule has 0 saturated carbocycles. The molecular weight excluding hydrogens is 432 g/mol. The number of esters is 2. The lowest BCUT2D eigenvalue weighted by atomic mass is 9.91. The first-order chi connectivity index (χ1) is 16.5. The highest BCUT2D eigenvalue weighted by Crippen LogP contribution is 2.47. The van der Waals surface area contributed by atoms with Crippen molar-refractivity contribution in [2.24, 2.45) is 0 Å². The number of carbonyl (C=O) groups excluding carboxylic acids is 2. The quantitative estimate of drug-likeness (QED) is 0.483. The molecule has 0 amide bonds. The van der Waals surface area contributed by atoms with E-state index in [2.05, 4.69) is 24.1 Å². The first-order valence-corrected chi connectivity index (χ1v) is 11.2. The monoisotopic (exact) mass is 460 g/mol. The van der Waals surface area contributed by atoms with Gasteiger partial charge in [0.1, 0.15) is 5.75 Å². The molecule has 7 nitrogen and oxygen atoms in total. The van der Waals surface area contributed by atoms with Gasteiger partial charge in [-0.2, -0.15) is 0 Å². The van der Waals surface area contributed by atoms with Crippen LogP contribution in [0.5, 0.6) is 5.75 Å². The number of anilines is 2. The first kappa shape index (κ1) is 23.2. The number of cyclic esters (lactones) is 1. The standard InChI is InChI=1S/C27H28N2O5/c1-5-29(6-2)18-15-16-22(24(17-18)32-3)27(21-13-9-7-11-19(21)26(31)34-27)28-23-14-10-8-12-20(23)25(30)33-4/h7-17,28H,5-6H2,1-4H3. The van der Waals surface area contributed by atoms with Gasteiger partial charge < -0.3 is 24.4 Å². The highest BCUT2D eigenvalue weighted by molar-refractivity contribution is 5.98. The molecule has 1 aliphatic rings. The van der Waals surface area contributed by atoms with E-state index in [1.807, 2.05) is 30.3 Å². The van der Waals surface area contributed by atoms with Crippen LogP contribution in [0.4, 0.5) is 11.4 Å². The van der Waals surface area contributed by atoms with Gasteiger partial charge in [-0.15, -0.1) is 0 Å². The fourth-order valence-corrected chi connectivity index (χ4v) is 4.40. The summed E-state index contributed by atoms with van der Waals surface area (Å²) in [4.78, 5) is 27.7. The Morgan fingerprint density at radius 2 is 1.68 bits per heavy atom. The minimum Gasteiger partial charge on any atom is -0.496 e. The topological polar surface area (TPSA) is 77.1 Å². The van der Waals surface area contributed by atoms with Gasteiger partial charge in [0.15, 0.2) is 0 Å². The molecule has 176 valence electrons. The molecule has 1 atom stereocenters. The molecule has 0 radical (unpaired) electrons. The highest BCUT2D eigenvalue weighted by atomic mass is 16.6. The van der Waals surface area contributed by atoms with Crippen molar-refractivity contribution in [3.05, 3.63) is 89.0 Å². The van der Waals surface area contributed by atoms with Gasteiger partial charge in [-0.3, -0.25) is 0 Å². The molecule has 7 heteroatoms. The van der Waals surface area contributed by atoms with E-state index in [1.54, 1.807) is 43.5 Å². The van der Waals surface area contributed by atoms with Gasteiger partial charge >= 0.3 is 11.9 Å². The summed E-state index contributed by atoms with van der Waals surface area (Å²) in [5, 5.41) is 3.36. The number of hydrogen-bond donors (Lipinski definition) is 1. The van der Waals surface area contributed by atoms with Crippen molar-refractivity contribution in [3.8, 4) is 5.75 Å². The van der Waals surface area contributed by atoms with Crippen LogP contribution in [0.2, 0.25) is 0 Å². The maximum absolute atomic E-state index is 13.0. The minimum atomic E-state index is -1.41. The van der Waals surface area contributed by atoms with E-state index in [9.17, 15) is 9.59 Å². The molecule has 1 heterocycles. The predicted octanol–water partition coefficient (Wildman–Crippen LogP) is 4.81. The normalized spacial score (nSPS) is 16.4. The second kappa shape index (κ2) is 9.47. The summed E-state index contributed by atoms with van der Waals surface area (Å²) in [5.74, 6) is -0.412. The van der Waals surface area contributed by atoms with E-state index in [0.717, 1.165) is 18.8 Å². The summed E-state index contributed by atoms with van der Waals surface area (Å²) in [6.07, 6.45) is 0. The molecular formula is C27H28N2O5. The molecule has 34 heavy (non-hydrogen) atoms. The third-order valence-corrected chi connectivity index (χ3v) is 6.11. The Labute approximate surface area is 199 Å². The zero-order chi connectivity index (χ0) is 24.3. The summed E-state index contributed by atoms with van der Waals surface area (Å²) in [5.41, 5.74) is 2.06. The van der Waals surface area contributed by atoms with E-state index < -0.39 is 17.7 Å². The molecule has 3 aromatic carbocycles. The third kappa shape index (κ3) is 3.83. The van der Waals surface area contributed by atoms with Crippen LogP contribution >= 0.6 is 0 Å². The molecule has 3 aromatic rings. The molecule has 1 aliphatic heterocycles. The van der Waals surface area contributed by atoms with Gasteiger partial charge in [0, 0.05) is 30.4 Å². The van der Waals surface area contributed by atoms with Gasteiger partial charge in [0.25, 0.3) is 0 Å². The number of carbonyl (C=O) groups is 2. The Hall–Kier alpha value is -4.00. The molecule has 1 unspecified atom stereocenters. The molecule has 0 spiro atoms. The lowest BCUT2D eigenvalue weighted by molar-refractivity contribution is 0.0205. The zero-order valence-corrected chi connectivity index (χ0v) is 19.8. The highest BCUT2D eigenvalue weighted by Gasteiger charge is 2.49. The van der Waals surface area contributed by atoms with E-state index in [1.165, 1.54) is 7.11 Å². The number of methoxy groups -OCH3 is 2. The number of para-hydroxylation sites is 1. The third-order valence-electron chi connectivity index (χ3n) is 6.11. The SMILES string of the molecule is CCN(CC)c1ccc(C2(Nc3ccccc3C(=O)OC)OC(=O)c3ccccc32)c(OC)c1. The van der Waals surface area contributed by atoms with Gasteiger partial charge in [-0.05, 0) is 44.2 Å². The van der Waals surface area contributed by atoms with Crippen LogP contribution in [-0.2, 0) is 15.2 Å². The van der Waals surface area contributed by atoms with Crippen LogP contribution in [0.25, 0.3) is 0 Å². The molecule has 0 aromatic heterocycles. The number of fused-ring (bicyclic) bond motifs is 1. The number of ether oxygens (including phenoxy) is 3. The fourth-order valence-electron chi connectivity index (χ4n) is 4.40. The van der Waals surface area contributed by atoms with E-state index in [0.29, 0.717) is 33.7 Å². The van der Waals surface area contributed by atoms with Gasteiger partial charge in [0.2, 0.25) is 5.72 Å². The molecule has 0 fully saturated rings. The maximum atomic E-state index is 13.0. The Morgan fingerprint density at radius 1 is 0.971 bits per heavy atom. The largest absolute Gasteiger partial charge is 0.496 e. The van der Waals surface area contributed by atoms with Crippen LogP contribution in [-0.4, -0.2) is 39.2 Å². The summed E-state index contributed by atoms with van der Waals surface area (Å²) >= 11 is 0. The smallest absolute Gasteiger partial charge is 0.341 e. The van der Waals surface area contributed by atoms with Crippen molar-refractivity contribution >= 4 is 23.3 Å². The lowest BCUT2D eigenvalue weighted by Crippen LogP contribution is -2.38. The van der Waals surface area contributed by atoms with Crippen molar-refractivity contribution in [1.82, 2.24) is 0 Å². The Balaban J connectivity index is 1.94. The van der Waals surface area contributed by atoms with Crippen LogP contribution in [0, 0.1) is 0 Å². The van der Waals surface area contributed by atoms with Gasteiger partial charge in [-0.25, -0.2) is 9.59 Å². The van der Waals surface area contributed by atoms with E-state index >= 15 is 0 Å². The fraction of sp³-hybridized carbons (Fsp3) is 0.259. The molecule has 1 N–H and O–H groups in total. The number of hydrogen-bond acceptors (Lipinski definition) is 7. The number of benzene rings is 3. The van der Waals surface area contributed by atoms with E-state index in [-0.39, 0.29) is 0 Å². The average Bonchev–Trinajstić information content (AvgIpc) is 3.16. The maximum Gasteiger partial charge on any atom is 0.341 e. The lowest BCUT2D eigenvalue weighted by Gasteiger charge is -2.34. The predicted molar refractivity (Wildman–Crippen MR) is 131 cm³/mol. The van der Waals surface area contributed by atoms with Gasteiger partial charge in [-0.1, -0.05) is 30.3 Å². The van der Waals surface area contributed by atoms with Crippen molar-refractivity contribution in [2.75, 3.05) is 37.5 Å². The van der Waals surface area contributed by atoms with Crippen LogP contribution in [0.3, 0.4) is 0 Å². The molecule has 4 rings (SSSR count). The van der Waals surface area contributed by atoms with Crippen molar-refractivity contribution in [1.29, 1.82) is 0 Å². The summed E-state index contributed by atoms with van der Waals surface area (Å²) < 4.78 is 16.8. The second-order valence-electron chi connectivity index (χ2n) is 7.84.